The van der Waals surface area contributed by atoms with Crippen LogP contribution in [0.25, 0.3) is 33.3 Å². The number of halogens is 2. The van der Waals surface area contributed by atoms with Crippen molar-refractivity contribution in [1.82, 2.24) is 4.98 Å². The van der Waals surface area contributed by atoms with Gasteiger partial charge in [0.2, 0.25) is 0 Å². The van der Waals surface area contributed by atoms with Gasteiger partial charge in [0.15, 0.2) is 0 Å². The smallest absolute Gasteiger partial charge is 0.123 e. The zero-order valence-corrected chi connectivity index (χ0v) is 14.9. The molecule has 0 fully saturated rings. The van der Waals surface area contributed by atoms with Crippen molar-refractivity contribution in [3.8, 4) is 22.4 Å². The molecule has 1 aromatic heterocycles. The first-order chi connectivity index (χ1) is 11.7. The van der Waals surface area contributed by atoms with Gasteiger partial charge in [-0.3, -0.25) is 0 Å². The fourth-order valence-corrected chi connectivity index (χ4v) is 3.31. The van der Waals surface area contributed by atoms with Gasteiger partial charge in [0.05, 0.1) is 11.2 Å². The zero-order chi connectivity index (χ0) is 16.5. The summed E-state index contributed by atoms with van der Waals surface area (Å²) in [5.41, 5.74) is 4.99. The lowest BCUT2D eigenvalue weighted by atomic mass is 9.98. The van der Waals surface area contributed by atoms with Gasteiger partial charge in [0.1, 0.15) is 5.82 Å². The Hall–Kier alpha value is -2.27. The predicted molar refractivity (Wildman–Crippen MR) is 105 cm³/mol. The van der Waals surface area contributed by atoms with E-state index in [2.05, 4.69) is 52.9 Å². The van der Waals surface area contributed by atoms with Crippen molar-refractivity contribution in [3.63, 3.8) is 0 Å². The maximum atomic E-state index is 13.2. The van der Waals surface area contributed by atoms with Gasteiger partial charge in [0.25, 0.3) is 0 Å². The standard InChI is InChI=1S/C21H13FIN/c22-16-8-6-15(7-9-16)21-13-18(14-4-2-1-3-5-14)19-12-17(23)10-11-20(19)24-21/h1-13H. The average molecular weight is 425 g/mol. The predicted octanol–water partition coefficient (Wildman–Crippen LogP) is 6.31. The van der Waals surface area contributed by atoms with Crippen molar-refractivity contribution in [2.45, 2.75) is 0 Å². The van der Waals surface area contributed by atoms with Crippen LogP contribution in [-0.2, 0) is 0 Å². The molecule has 116 valence electrons. The van der Waals surface area contributed by atoms with Gasteiger partial charge in [-0.2, -0.15) is 0 Å². The summed E-state index contributed by atoms with van der Waals surface area (Å²) >= 11 is 2.32. The molecule has 0 aliphatic carbocycles. The second-order valence-corrected chi connectivity index (χ2v) is 6.84. The highest BCUT2D eigenvalue weighted by molar-refractivity contribution is 14.1. The van der Waals surface area contributed by atoms with E-state index in [-0.39, 0.29) is 5.82 Å². The number of nitrogens with zero attached hydrogens (tertiary/aromatic N) is 1. The van der Waals surface area contributed by atoms with Crippen molar-refractivity contribution >= 4 is 33.5 Å². The van der Waals surface area contributed by atoms with Crippen LogP contribution in [0.4, 0.5) is 4.39 Å². The highest BCUT2D eigenvalue weighted by atomic mass is 127. The van der Waals surface area contributed by atoms with Crippen LogP contribution in [0.1, 0.15) is 0 Å². The molecule has 0 atom stereocenters. The van der Waals surface area contributed by atoms with Crippen molar-refractivity contribution < 1.29 is 4.39 Å². The summed E-state index contributed by atoms with van der Waals surface area (Å²) in [4.78, 5) is 4.78. The Labute approximate surface area is 153 Å². The summed E-state index contributed by atoms with van der Waals surface area (Å²) in [6.45, 7) is 0. The van der Waals surface area contributed by atoms with Gasteiger partial charge in [-0.05, 0) is 82.2 Å². The second-order valence-electron chi connectivity index (χ2n) is 5.59. The minimum absolute atomic E-state index is 0.239. The number of aromatic nitrogens is 1. The molecule has 24 heavy (non-hydrogen) atoms. The number of benzene rings is 3. The number of pyridine rings is 1. The van der Waals surface area contributed by atoms with Crippen molar-refractivity contribution in [3.05, 3.63) is 88.3 Å². The minimum Gasteiger partial charge on any atom is -0.248 e. The van der Waals surface area contributed by atoms with E-state index in [1.54, 1.807) is 12.1 Å². The minimum atomic E-state index is -0.239. The summed E-state index contributed by atoms with van der Waals surface area (Å²) in [7, 11) is 0. The van der Waals surface area contributed by atoms with Crippen LogP contribution in [0.2, 0.25) is 0 Å². The molecule has 0 saturated carbocycles. The molecule has 0 aliphatic rings. The van der Waals surface area contributed by atoms with Gasteiger partial charge >= 0.3 is 0 Å². The lowest BCUT2D eigenvalue weighted by Gasteiger charge is -2.11. The van der Waals surface area contributed by atoms with Crippen LogP contribution in [0.3, 0.4) is 0 Å². The fraction of sp³-hybridized carbons (Fsp3) is 0. The lowest BCUT2D eigenvalue weighted by molar-refractivity contribution is 0.628. The van der Waals surface area contributed by atoms with Crippen molar-refractivity contribution in [2.24, 2.45) is 0 Å². The van der Waals surface area contributed by atoms with E-state index in [9.17, 15) is 4.39 Å². The van der Waals surface area contributed by atoms with Crippen LogP contribution >= 0.6 is 22.6 Å². The Morgan fingerprint density at radius 1 is 0.750 bits per heavy atom. The summed E-state index contributed by atoms with van der Waals surface area (Å²) < 4.78 is 14.4. The number of hydrogen-bond donors (Lipinski definition) is 0. The summed E-state index contributed by atoms with van der Waals surface area (Å²) in [6.07, 6.45) is 0. The van der Waals surface area contributed by atoms with E-state index < -0.39 is 0 Å². The fourth-order valence-electron chi connectivity index (χ4n) is 2.82. The van der Waals surface area contributed by atoms with Gasteiger partial charge in [0, 0.05) is 14.5 Å². The molecule has 0 amide bonds. The maximum Gasteiger partial charge on any atom is 0.123 e. The molecule has 0 N–H and O–H groups in total. The van der Waals surface area contributed by atoms with Gasteiger partial charge in [-0.15, -0.1) is 0 Å². The van der Waals surface area contributed by atoms with Gasteiger partial charge in [-0.1, -0.05) is 30.3 Å². The third-order valence-corrected chi connectivity index (χ3v) is 4.67. The van der Waals surface area contributed by atoms with E-state index in [1.165, 1.54) is 15.7 Å². The highest BCUT2D eigenvalue weighted by Gasteiger charge is 2.10. The number of hydrogen-bond acceptors (Lipinski definition) is 1. The topological polar surface area (TPSA) is 12.9 Å². The number of rotatable bonds is 2. The van der Waals surface area contributed by atoms with E-state index in [1.807, 2.05) is 24.3 Å². The highest BCUT2D eigenvalue weighted by Crippen LogP contribution is 2.32. The van der Waals surface area contributed by atoms with Crippen LogP contribution in [0.15, 0.2) is 78.9 Å². The van der Waals surface area contributed by atoms with Crippen LogP contribution in [0.5, 0.6) is 0 Å². The van der Waals surface area contributed by atoms with E-state index in [0.717, 1.165) is 33.3 Å². The maximum absolute atomic E-state index is 13.2. The second kappa shape index (κ2) is 6.32. The zero-order valence-electron chi connectivity index (χ0n) is 12.7. The third-order valence-electron chi connectivity index (χ3n) is 4.00. The quantitative estimate of drug-likeness (QED) is 0.343. The van der Waals surface area contributed by atoms with Crippen LogP contribution in [0, 0.1) is 9.39 Å². The Bertz CT molecular complexity index is 1010. The molecular weight excluding hydrogens is 412 g/mol. The normalized spacial score (nSPS) is 10.9. The SMILES string of the molecule is Fc1ccc(-c2cc(-c3ccccc3)c3cc(I)ccc3n2)cc1. The first-order valence-corrected chi connectivity index (χ1v) is 8.70. The summed E-state index contributed by atoms with van der Waals surface area (Å²) in [5, 5.41) is 1.12. The molecule has 3 aromatic carbocycles. The molecule has 0 bridgehead atoms. The molecule has 4 aromatic rings. The summed E-state index contributed by atoms with van der Waals surface area (Å²) in [5.74, 6) is -0.239. The summed E-state index contributed by atoms with van der Waals surface area (Å²) in [6, 6.07) is 25.1. The van der Waals surface area contributed by atoms with E-state index in [0.29, 0.717) is 0 Å². The largest absolute Gasteiger partial charge is 0.248 e. The van der Waals surface area contributed by atoms with Gasteiger partial charge < -0.3 is 0 Å². The molecule has 1 nitrogen and oxygen atoms in total. The Morgan fingerprint density at radius 3 is 2.25 bits per heavy atom. The van der Waals surface area contributed by atoms with Gasteiger partial charge in [-0.25, -0.2) is 9.37 Å². The van der Waals surface area contributed by atoms with Crippen LogP contribution < -0.4 is 0 Å². The molecule has 0 saturated heterocycles. The Balaban J connectivity index is 2.00. The molecule has 0 aliphatic heterocycles. The third kappa shape index (κ3) is 2.91. The molecule has 0 radical (unpaired) electrons. The molecule has 1 heterocycles. The van der Waals surface area contributed by atoms with E-state index >= 15 is 0 Å². The van der Waals surface area contributed by atoms with E-state index in [4.69, 9.17) is 4.98 Å². The first kappa shape index (κ1) is 15.3. The number of fused-ring (bicyclic) bond motifs is 1. The molecule has 0 spiro atoms. The molecule has 4 rings (SSSR count). The lowest BCUT2D eigenvalue weighted by Crippen LogP contribution is -1.90. The van der Waals surface area contributed by atoms with Crippen LogP contribution in [-0.4, -0.2) is 4.98 Å². The first-order valence-electron chi connectivity index (χ1n) is 7.62. The molecule has 0 unspecified atom stereocenters. The Kier molecular flexibility index (Phi) is 4.02. The molecular formula is C21H13FIN. The Morgan fingerprint density at radius 2 is 1.50 bits per heavy atom. The average Bonchev–Trinajstić information content (AvgIpc) is 2.62. The van der Waals surface area contributed by atoms with Crippen molar-refractivity contribution in [1.29, 1.82) is 0 Å². The van der Waals surface area contributed by atoms with Crippen molar-refractivity contribution in [2.75, 3.05) is 0 Å². The molecule has 3 heteroatoms. The monoisotopic (exact) mass is 425 g/mol.